The second kappa shape index (κ2) is 3.25. The van der Waals surface area contributed by atoms with Crippen LogP contribution in [0.15, 0.2) is 23.8 Å². The summed E-state index contributed by atoms with van der Waals surface area (Å²) in [5.74, 6) is 0.662. The van der Waals surface area contributed by atoms with Crippen molar-refractivity contribution in [1.82, 2.24) is 24.8 Å². The highest BCUT2D eigenvalue weighted by molar-refractivity contribution is 7.13. The lowest BCUT2D eigenvalue weighted by Gasteiger charge is -1.94. The zero-order valence-electron chi connectivity index (χ0n) is 7.33. The van der Waals surface area contributed by atoms with Crippen LogP contribution in [0.2, 0.25) is 5.15 Å². The summed E-state index contributed by atoms with van der Waals surface area (Å²) in [4.78, 5) is 4.90. The molecule has 0 saturated carbocycles. The van der Waals surface area contributed by atoms with Crippen molar-refractivity contribution in [2.45, 2.75) is 0 Å². The van der Waals surface area contributed by atoms with Gasteiger partial charge in [0.1, 0.15) is 5.15 Å². The third kappa shape index (κ3) is 1.38. The summed E-state index contributed by atoms with van der Waals surface area (Å²) >= 11 is 7.29. The van der Waals surface area contributed by atoms with Crippen LogP contribution in [0.5, 0.6) is 0 Å². The molecule has 0 saturated heterocycles. The van der Waals surface area contributed by atoms with Gasteiger partial charge >= 0.3 is 0 Å². The summed E-state index contributed by atoms with van der Waals surface area (Å²) in [5, 5.41) is 12.6. The molecule has 74 valence electrons. The number of hydrogen-bond acceptors (Lipinski definition) is 5. The van der Waals surface area contributed by atoms with Gasteiger partial charge in [-0.2, -0.15) is 9.61 Å². The minimum atomic E-state index is 0.410. The van der Waals surface area contributed by atoms with Gasteiger partial charge in [0, 0.05) is 6.20 Å². The van der Waals surface area contributed by atoms with E-state index in [0.29, 0.717) is 16.6 Å². The normalized spacial score (nSPS) is 11.0. The van der Waals surface area contributed by atoms with Gasteiger partial charge in [-0.05, 0) is 12.1 Å². The Bertz CT molecular complexity index is 603. The van der Waals surface area contributed by atoms with Crippen LogP contribution < -0.4 is 0 Å². The molecule has 0 N–H and O–H groups in total. The molecule has 0 spiro atoms. The van der Waals surface area contributed by atoms with Crippen LogP contribution in [0.4, 0.5) is 0 Å². The largest absolute Gasteiger partial charge is 0.252 e. The fourth-order valence-corrected chi connectivity index (χ4v) is 1.97. The molecule has 0 unspecified atom stereocenters. The van der Waals surface area contributed by atoms with E-state index in [4.69, 9.17) is 11.6 Å². The first-order valence-corrected chi connectivity index (χ1v) is 5.37. The number of fused-ring (bicyclic) bond motifs is 1. The molecule has 3 heterocycles. The van der Waals surface area contributed by atoms with E-state index in [9.17, 15) is 0 Å². The summed E-state index contributed by atoms with van der Waals surface area (Å²) in [6, 6.07) is 3.45. The first kappa shape index (κ1) is 8.75. The molecule has 3 aromatic heterocycles. The lowest BCUT2D eigenvalue weighted by atomic mass is 10.5. The Kier molecular flexibility index (Phi) is 1.90. The molecular formula is C8H4ClN5S. The van der Waals surface area contributed by atoms with Crippen LogP contribution in [-0.2, 0) is 0 Å². The number of hydrogen-bond donors (Lipinski definition) is 0. The van der Waals surface area contributed by atoms with Gasteiger partial charge in [0.05, 0.1) is 10.4 Å². The Morgan fingerprint density at radius 2 is 2.20 bits per heavy atom. The third-order valence-corrected chi connectivity index (χ3v) is 2.85. The predicted molar refractivity (Wildman–Crippen MR) is 56.9 cm³/mol. The van der Waals surface area contributed by atoms with Crippen molar-refractivity contribution in [1.29, 1.82) is 0 Å². The van der Waals surface area contributed by atoms with Crippen LogP contribution >= 0.6 is 22.9 Å². The van der Waals surface area contributed by atoms with Crippen molar-refractivity contribution in [2.24, 2.45) is 0 Å². The van der Waals surface area contributed by atoms with Gasteiger partial charge in [-0.1, -0.05) is 11.6 Å². The Morgan fingerprint density at radius 1 is 1.27 bits per heavy atom. The van der Waals surface area contributed by atoms with Gasteiger partial charge in [-0.3, -0.25) is 4.98 Å². The van der Waals surface area contributed by atoms with Gasteiger partial charge in [-0.15, -0.1) is 21.5 Å². The van der Waals surface area contributed by atoms with Crippen LogP contribution in [-0.4, -0.2) is 24.8 Å². The fraction of sp³-hybridized carbons (Fsp3) is 0. The molecule has 5 nitrogen and oxygen atoms in total. The molecule has 0 radical (unpaired) electrons. The lowest BCUT2D eigenvalue weighted by Crippen LogP contribution is -1.93. The van der Waals surface area contributed by atoms with E-state index in [1.54, 1.807) is 28.4 Å². The van der Waals surface area contributed by atoms with Crippen LogP contribution in [0.1, 0.15) is 0 Å². The third-order valence-electron chi connectivity index (χ3n) is 1.88. The molecule has 0 amide bonds. The summed E-state index contributed by atoms with van der Waals surface area (Å²) < 4.78 is 1.61. The monoisotopic (exact) mass is 237 g/mol. The lowest BCUT2D eigenvalue weighted by molar-refractivity contribution is 0.938. The standard InChI is InChI=1S/C8H4ClN5S/c9-6-1-2-7-11-12-8(14(7)13-6)5-3-10-4-15-5/h1-4H. The minimum absolute atomic E-state index is 0.410. The minimum Gasteiger partial charge on any atom is -0.252 e. The van der Waals surface area contributed by atoms with Crippen molar-refractivity contribution < 1.29 is 0 Å². The summed E-state index contributed by atoms with van der Waals surface area (Å²) in [6.45, 7) is 0. The second-order valence-corrected chi connectivity index (χ2v) is 4.09. The SMILES string of the molecule is Clc1ccc2nnc(-c3cncs3)n2n1. The van der Waals surface area contributed by atoms with Crippen molar-refractivity contribution in [3.05, 3.63) is 29.0 Å². The van der Waals surface area contributed by atoms with Gasteiger partial charge < -0.3 is 0 Å². The molecule has 0 atom stereocenters. The highest BCUT2D eigenvalue weighted by atomic mass is 35.5. The maximum atomic E-state index is 5.81. The Morgan fingerprint density at radius 3 is 3.00 bits per heavy atom. The van der Waals surface area contributed by atoms with E-state index in [1.807, 2.05) is 0 Å². The summed E-state index contributed by atoms with van der Waals surface area (Å²) in [5.41, 5.74) is 2.41. The Hall–Kier alpha value is -1.53. The van der Waals surface area contributed by atoms with Crippen LogP contribution in [0.25, 0.3) is 16.3 Å². The molecule has 0 aromatic carbocycles. The average Bonchev–Trinajstić information content (AvgIpc) is 2.83. The van der Waals surface area contributed by atoms with Crippen molar-refractivity contribution in [2.75, 3.05) is 0 Å². The zero-order chi connectivity index (χ0) is 10.3. The van der Waals surface area contributed by atoms with E-state index in [0.717, 1.165) is 4.88 Å². The van der Waals surface area contributed by atoms with E-state index in [2.05, 4.69) is 20.3 Å². The number of thiazole rings is 1. The van der Waals surface area contributed by atoms with Crippen LogP contribution in [0.3, 0.4) is 0 Å². The molecular weight excluding hydrogens is 234 g/mol. The second-order valence-electron chi connectivity index (χ2n) is 2.82. The van der Waals surface area contributed by atoms with Crippen molar-refractivity contribution >= 4 is 28.6 Å². The highest BCUT2D eigenvalue weighted by Crippen LogP contribution is 2.21. The quantitative estimate of drug-likeness (QED) is 0.649. The number of aromatic nitrogens is 5. The first-order valence-electron chi connectivity index (χ1n) is 4.11. The van der Waals surface area contributed by atoms with Crippen molar-refractivity contribution in [3.63, 3.8) is 0 Å². The molecule has 0 aliphatic heterocycles. The van der Waals surface area contributed by atoms with Gasteiger partial charge in [-0.25, -0.2) is 0 Å². The smallest absolute Gasteiger partial charge is 0.196 e. The topological polar surface area (TPSA) is 56.0 Å². The molecule has 0 aliphatic rings. The maximum Gasteiger partial charge on any atom is 0.196 e. The predicted octanol–water partition coefficient (Wildman–Crippen LogP) is 1.90. The molecule has 3 rings (SSSR count). The molecule has 0 bridgehead atoms. The Balaban J connectivity index is 2.32. The molecule has 0 aliphatic carbocycles. The van der Waals surface area contributed by atoms with Gasteiger partial charge in [0.15, 0.2) is 11.5 Å². The van der Waals surface area contributed by atoms with Gasteiger partial charge in [0.2, 0.25) is 0 Å². The average molecular weight is 238 g/mol. The molecule has 15 heavy (non-hydrogen) atoms. The highest BCUT2D eigenvalue weighted by Gasteiger charge is 2.10. The molecule has 0 fully saturated rings. The van der Waals surface area contributed by atoms with E-state index < -0.39 is 0 Å². The van der Waals surface area contributed by atoms with Gasteiger partial charge in [0.25, 0.3) is 0 Å². The Labute approximate surface area is 93.4 Å². The fourth-order valence-electron chi connectivity index (χ4n) is 1.25. The maximum absolute atomic E-state index is 5.81. The van der Waals surface area contributed by atoms with Crippen LogP contribution in [0, 0.1) is 0 Å². The van der Waals surface area contributed by atoms with E-state index in [-0.39, 0.29) is 0 Å². The number of halogens is 1. The summed E-state index contributed by atoms with van der Waals surface area (Å²) in [6.07, 6.45) is 1.73. The molecule has 7 heteroatoms. The molecule has 3 aromatic rings. The number of nitrogens with zero attached hydrogens (tertiary/aromatic N) is 5. The van der Waals surface area contributed by atoms with E-state index in [1.165, 1.54) is 11.3 Å². The zero-order valence-corrected chi connectivity index (χ0v) is 8.90. The van der Waals surface area contributed by atoms with Crippen molar-refractivity contribution in [3.8, 4) is 10.7 Å². The number of rotatable bonds is 1. The first-order chi connectivity index (χ1) is 7.34. The van der Waals surface area contributed by atoms with E-state index >= 15 is 0 Å². The summed E-state index contributed by atoms with van der Waals surface area (Å²) in [7, 11) is 0.